The van der Waals surface area contributed by atoms with Gasteiger partial charge >= 0.3 is 5.97 Å². The molecule has 0 bridgehead atoms. The maximum atomic E-state index is 11.5. The van der Waals surface area contributed by atoms with Crippen LogP contribution in [0.2, 0.25) is 5.02 Å². The largest absolute Gasteiger partial charge is 0.455 e. The van der Waals surface area contributed by atoms with Crippen molar-refractivity contribution in [2.45, 2.75) is 25.8 Å². The van der Waals surface area contributed by atoms with E-state index in [9.17, 15) is 9.59 Å². The Labute approximate surface area is 117 Å². The molecule has 0 radical (unpaired) electrons. The minimum Gasteiger partial charge on any atom is -0.455 e. The van der Waals surface area contributed by atoms with Crippen molar-refractivity contribution in [3.8, 4) is 0 Å². The van der Waals surface area contributed by atoms with Gasteiger partial charge in [-0.15, -0.1) is 0 Å². The van der Waals surface area contributed by atoms with Gasteiger partial charge in [-0.1, -0.05) is 30.2 Å². The fraction of sp³-hybridized carbons (Fsp3) is 0.429. The lowest BCUT2D eigenvalue weighted by atomic mass is 9.86. The molecule has 1 aromatic rings. The van der Waals surface area contributed by atoms with E-state index >= 15 is 0 Å². The van der Waals surface area contributed by atoms with E-state index < -0.39 is 0 Å². The molecule has 0 spiro atoms. The van der Waals surface area contributed by atoms with Gasteiger partial charge in [-0.05, 0) is 30.5 Å². The summed E-state index contributed by atoms with van der Waals surface area (Å²) >= 11 is 5.84. The van der Waals surface area contributed by atoms with Gasteiger partial charge in [0.25, 0.3) is 5.91 Å². The number of carbonyl (C=O) groups excluding carboxylic acids is 2. The molecule has 0 unspecified atom stereocenters. The molecule has 1 aliphatic carbocycles. The van der Waals surface area contributed by atoms with Gasteiger partial charge in [0, 0.05) is 11.6 Å². The van der Waals surface area contributed by atoms with Crippen LogP contribution in [0.1, 0.15) is 24.8 Å². The van der Waals surface area contributed by atoms with E-state index in [-0.39, 0.29) is 24.4 Å². The Balaban J connectivity index is 1.68. The zero-order valence-corrected chi connectivity index (χ0v) is 11.3. The molecule has 0 aliphatic heterocycles. The Kier molecular flexibility index (Phi) is 4.80. The monoisotopic (exact) mass is 281 g/mol. The number of benzene rings is 1. The van der Waals surface area contributed by atoms with Crippen LogP contribution in [0.3, 0.4) is 0 Å². The van der Waals surface area contributed by atoms with Gasteiger partial charge in [-0.2, -0.15) is 0 Å². The Hall–Kier alpha value is -1.55. The predicted octanol–water partition coefficient (Wildman–Crippen LogP) is 2.30. The number of hydrogen-bond acceptors (Lipinski definition) is 3. The average molecular weight is 282 g/mol. The van der Waals surface area contributed by atoms with Crippen molar-refractivity contribution in [1.29, 1.82) is 0 Å². The van der Waals surface area contributed by atoms with Crippen molar-refractivity contribution in [2.24, 2.45) is 5.92 Å². The van der Waals surface area contributed by atoms with Gasteiger partial charge in [0.05, 0.1) is 5.92 Å². The lowest BCUT2D eigenvalue weighted by Crippen LogP contribution is -2.31. The molecule has 5 heteroatoms. The van der Waals surface area contributed by atoms with Crippen molar-refractivity contribution in [3.63, 3.8) is 0 Å². The van der Waals surface area contributed by atoms with Crippen LogP contribution < -0.4 is 5.32 Å². The second-order valence-electron chi connectivity index (χ2n) is 4.64. The molecule has 0 atom stereocenters. The Bertz CT molecular complexity index is 472. The lowest BCUT2D eigenvalue weighted by Gasteiger charge is -2.22. The first-order valence-electron chi connectivity index (χ1n) is 6.33. The van der Waals surface area contributed by atoms with Gasteiger partial charge in [0.15, 0.2) is 6.61 Å². The minimum atomic E-state index is -0.298. The van der Waals surface area contributed by atoms with Crippen LogP contribution >= 0.6 is 11.6 Å². The summed E-state index contributed by atoms with van der Waals surface area (Å²) in [5.74, 6) is -0.558. The van der Waals surface area contributed by atoms with E-state index in [1.54, 1.807) is 12.1 Å². The van der Waals surface area contributed by atoms with E-state index in [1.165, 1.54) is 0 Å². The van der Waals surface area contributed by atoms with Crippen LogP contribution in [0.4, 0.5) is 0 Å². The highest BCUT2D eigenvalue weighted by Gasteiger charge is 2.26. The van der Waals surface area contributed by atoms with Gasteiger partial charge in [-0.25, -0.2) is 0 Å². The minimum absolute atomic E-state index is 0.000676. The maximum Gasteiger partial charge on any atom is 0.309 e. The quantitative estimate of drug-likeness (QED) is 0.843. The summed E-state index contributed by atoms with van der Waals surface area (Å²) in [6.07, 6.45) is 2.83. The van der Waals surface area contributed by atoms with E-state index in [1.807, 2.05) is 12.1 Å². The van der Waals surface area contributed by atoms with E-state index in [2.05, 4.69) is 5.32 Å². The van der Waals surface area contributed by atoms with Crippen molar-refractivity contribution < 1.29 is 14.3 Å². The maximum absolute atomic E-state index is 11.5. The van der Waals surface area contributed by atoms with Crippen molar-refractivity contribution in [3.05, 3.63) is 34.9 Å². The summed E-state index contributed by atoms with van der Waals surface area (Å²) in [5.41, 5.74) is 0.908. The fourth-order valence-corrected chi connectivity index (χ4v) is 2.01. The highest BCUT2D eigenvalue weighted by atomic mass is 35.5. The highest BCUT2D eigenvalue weighted by Crippen LogP contribution is 2.27. The summed E-state index contributed by atoms with van der Waals surface area (Å²) in [4.78, 5) is 22.9. The summed E-state index contributed by atoms with van der Waals surface area (Å²) in [6, 6.07) is 7.24. The molecule has 4 nitrogen and oxygen atoms in total. The van der Waals surface area contributed by atoms with Crippen molar-refractivity contribution >= 4 is 23.5 Å². The lowest BCUT2D eigenvalue weighted by molar-refractivity contribution is -0.155. The fourth-order valence-electron chi connectivity index (χ4n) is 1.80. The van der Waals surface area contributed by atoms with Crippen LogP contribution in [-0.2, 0) is 20.9 Å². The number of amides is 1. The zero-order valence-electron chi connectivity index (χ0n) is 10.5. The molecule has 1 amide bonds. The van der Waals surface area contributed by atoms with Crippen LogP contribution in [0, 0.1) is 5.92 Å². The number of ether oxygens (including phenoxy) is 1. The van der Waals surface area contributed by atoms with Crippen LogP contribution in [-0.4, -0.2) is 18.5 Å². The molecule has 1 N–H and O–H groups in total. The van der Waals surface area contributed by atoms with Crippen molar-refractivity contribution in [2.75, 3.05) is 6.61 Å². The SMILES string of the molecule is O=C(COC(=O)C1CCC1)NCc1cccc(Cl)c1. The number of hydrogen-bond donors (Lipinski definition) is 1. The van der Waals surface area contributed by atoms with E-state index in [0.29, 0.717) is 11.6 Å². The van der Waals surface area contributed by atoms with Gasteiger partial charge in [-0.3, -0.25) is 9.59 Å². The summed E-state index contributed by atoms with van der Waals surface area (Å²) in [6.45, 7) is 0.163. The molecule has 0 saturated heterocycles. The van der Waals surface area contributed by atoms with Crippen LogP contribution in [0.5, 0.6) is 0 Å². The molecular formula is C14H16ClNO3. The molecule has 1 fully saturated rings. The highest BCUT2D eigenvalue weighted by molar-refractivity contribution is 6.30. The smallest absolute Gasteiger partial charge is 0.309 e. The van der Waals surface area contributed by atoms with Gasteiger partial charge in [0.2, 0.25) is 0 Å². The second-order valence-corrected chi connectivity index (χ2v) is 5.08. The molecule has 0 heterocycles. The molecule has 1 saturated carbocycles. The Morgan fingerprint density at radius 2 is 2.16 bits per heavy atom. The first kappa shape index (κ1) is 13.9. The van der Waals surface area contributed by atoms with Crippen LogP contribution in [0.15, 0.2) is 24.3 Å². The first-order chi connectivity index (χ1) is 9.15. The number of halogens is 1. The molecule has 19 heavy (non-hydrogen) atoms. The van der Waals surface area contributed by atoms with E-state index in [0.717, 1.165) is 24.8 Å². The molecule has 1 aliphatic rings. The third kappa shape index (κ3) is 4.24. The molecule has 0 aromatic heterocycles. The average Bonchev–Trinajstić information content (AvgIpc) is 2.32. The number of carbonyl (C=O) groups is 2. The molecular weight excluding hydrogens is 266 g/mol. The topological polar surface area (TPSA) is 55.4 Å². The van der Waals surface area contributed by atoms with Gasteiger partial charge < -0.3 is 10.1 Å². The number of rotatable bonds is 5. The summed E-state index contributed by atoms with van der Waals surface area (Å²) in [5, 5.41) is 3.31. The number of nitrogens with one attached hydrogen (secondary N) is 1. The summed E-state index contributed by atoms with van der Waals surface area (Å²) in [7, 11) is 0. The van der Waals surface area contributed by atoms with Gasteiger partial charge in [0.1, 0.15) is 0 Å². The predicted molar refractivity (Wildman–Crippen MR) is 71.6 cm³/mol. The van der Waals surface area contributed by atoms with E-state index in [4.69, 9.17) is 16.3 Å². The number of esters is 1. The zero-order chi connectivity index (χ0) is 13.7. The summed E-state index contributed by atoms with van der Waals surface area (Å²) < 4.78 is 4.94. The van der Waals surface area contributed by atoms with Crippen molar-refractivity contribution in [1.82, 2.24) is 5.32 Å². The third-order valence-corrected chi connectivity index (χ3v) is 3.40. The normalized spacial score (nSPS) is 14.6. The Morgan fingerprint density at radius 3 is 2.79 bits per heavy atom. The molecule has 1 aromatic carbocycles. The molecule has 2 rings (SSSR count). The first-order valence-corrected chi connectivity index (χ1v) is 6.71. The molecule has 102 valence electrons. The Morgan fingerprint density at radius 1 is 1.37 bits per heavy atom. The standard InChI is InChI=1S/C14H16ClNO3/c15-12-6-1-3-10(7-12)8-16-13(17)9-19-14(18)11-4-2-5-11/h1,3,6-7,11H,2,4-5,8-9H2,(H,16,17). The second kappa shape index (κ2) is 6.57. The third-order valence-electron chi connectivity index (χ3n) is 3.16. The van der Waals surface area contributed by atoms with Crippen LogP contribution in [0.25, 0.3) is 0 Å².